The van der Waals surface area contributed by atoms with Crippen molar-refractivity contribution >= 4 is 11.7 Å². The van der Waals surface area contributed by atoms with E-state index in [0.717, 1.165) is 0 Å². The number of rotatable bonds is 4. The molecule has 0 saturated heterocycles. The van der Waals surface area contributed by atoms with Crippen LogP contribution in [0.15, 0.2) is 18.3 Å². The quantitative estimate of drug-likeness (QED) is 0.607. The van der Waals surface area contributed by atoms with Gasteiger partial charge in [-0.2, -0.15) is 0 Å². The molecule has 1 amide bonds. The summed E-state index contributed by atoms with van der Waals surface area (Å²) in [5.41, 5.74) is 2.98. The van der Waals surface area contributed by atoms with Gasteiger partial charge in [0, 0.05) is 19.3 Å². The smallest absolute Gasteiger partial charge is 0.257 e. The number of nitrogens with one attached hydrogen (secondary N) is 1. The van der Waals surface area contributed by atoms with Crippen LogP contribution in [-0.2, 0) is 0 Å². The van der Waals surface area contributed by atoms with E-state index >= 15 is 0 Å². The highest BCUT2D eigenvalue weighted by Crippen LogP contribution is 2.35. The molecule has 2 rings (SSSR count). The van der Waals surface area contributed by atoms with Gasteiger partial charge < -0.3 is 10.3 Å². The van der Waals surface area contributed by atoms with Crippen molar-refractivity contribution in [3.8, 4) is 0 Å². The predicted molar refractivity (Wildman–Crippen MR) is 66.3 cm³/mol. The Morgan fingerprint density at radius 3 is 2.94 bits per heavy atom. The molecule has 0 radical (unpaired) electrons. The van der Waals surface area contributed by atoms with E-state index in [1.807, 2.05) is 7.05 Å². The molecule has 0 aromatic carbocycles. The highest BCUT2D eigenvalue weighted by atomic mass is 16.2. The van der Waals surface area contributed by atoms with Gasteiger partial charge in [-0.3, -0.25) is 4.79 Å². The number of hydrazine groups is 1. The molecule has 1 unspecified atom stereocenters. The van der Waals surface area contributed by atoms with Crippen LogP contribution in [0.2, 0.25) is 0 Å². The van der Waals surface area contributed by atoms with Crippen molar-refractivity contribution in [3.63, 3.8) is 0 Å². The maximum Gasteiger partial charge on any atom is 0.257 e. The lowest BCUT2D eigenvalue weighted by Gasteiger charge is -2.25. The first-order valence-electron chi connectivity index (χ1n) is 5.84. The van der Waals surface area contributed by atoms with Crippen LogP contribution in [0.25, 0.3) is 0 Å². The molecule has 17 heavy (non-hydrogen) atoms. The van der Waals surface area contributed by atoms with Crippen LogP contribution in [0.5, 0.6) is 0 Å². The third-order valence-corrected chi connectivity index (χ3v) is 3.41. The van der Waals surface area contributed by atoms with Gasteiger partial charge in [-0.1, -0.05) is 0 Å². The zero-order valence-electron chi connectivity index (χ0n) is 10.2. The molecule has 3 N–H and O–H groups in total. The molecule has 5 heteroatoms. The highest BCUT2D eigenvalue weighted by molar-refractivity contribution is 5.98. The molecule has 1 aromatic heterocycles. The van der Waals surface area contributed by atoms with Gasteiger partial charge in [-0.15, -0.1) is 0 Å². The Morgan fingerprint density at radius 2 is 2.35 bits per heavy atom. The van der Waals surface area contributed by atoms with E-state index in [0.29, 0.717) is 17.3 Å². The molecular weight excluding hydrogens is 216 g/mol. The number of amides is 1. The number of hydrogen-bond donors (Lipinski definition) is 2. The Balaban J connectivity index is 2.17. The fourth-order valence-electron chi connectivity index (χ4n) is 1.96. The van der Waals surface area contributed by atoms with Crippen molar-refractivity contribution in [2.45, 2.75) is 25.8 Å². The van der Waals surface area contributed by atoms with E-state index in [1.54, 1.807) is 23.2 Å². The minimum absolute atomic E-state index is 0.0366. The molecule has 1 aromatic rings. The van der Waals surface area contributed by atoms with Crippen LogP contribution in [0.4, 0.5) is 5.82 Å². The maximum atomic E-state index is 12.3. The van der Waals surface area contributed by atoms with Crippen LogP contribution in [0.3, 0.4) is 0 Å². The second-order valence-corrected chi connectivity index (χ2v) is 4.54. The molecule has 1 atom stereocenters. The van der Waals surface area contributed by atoms with Crippen LogP contribution in [-0.4, -0.2) is 28.9 Å². The Bertz CT molecular complexity index is 417. The lowest BCUT2D eigenvalue weighted by Crippen LogP contribution is -2.37. The maximum absolute atomic E-state index is 12.3. The minimum atomic E-state index is -0.0366. The molecule has 1 aliphatic carbocycles. The molecular formula is C12H18N4O. The molecule has 1 heterocycles. The lowest BCUT2D eigenvalue weighted by atomic mass is 10.1. The van der Waals surface area contributed by atoms with Crippen molar-refractivity contribution in [2.75, 3.05) is 12.5 Å². The Hall–Kier alpha value is -1.62. The van der Waals surface area contributed by atoms with Crippen molar-refractivity contribution in [1.82, 2.24) is 9.88 Å². The SMILES string of the molecule is CC(C1CC1)N(C)C(=O)c1cccnc1NN. The summed E-state index contributed by atoms with van der Waals surface area (Å²) in [5, 5.41) is 0. The fourth-order valence-corrected chi connectivity index (χ4v) is 1.96. The number of pyridine rings is 1. The molecule has 1 fully saturated rings. The number of nitrogens with zero attached hydrogens (tertiary/aromatic N) is 2. The molecule has 0 bridgehead atoms. The van der Waals surface area contributed by atoms with E-state index in [2.05, 4.69) is 17.3 Å². The fraction of sp³-hybridized carbons (Fsp3) is 0.500. The number of hydrogen-bond acceptors (Lipinski definition) is 4. The standard InChI is InChI=1S/C12H18N4O/c1-8(9-5-6-9)16(2)12(17)10-4-3-7-14-11(10)15-13/h3-4,7-9H,5-6,13H2,1-2H3,(H,14,15). The summed E-state index contributed by atoms with van der Waals surface area (Å²) in [4.78, 5) is 18.1. The molecule has 1 aliphatic rings. The number of carbonyl (C=O) groups excluding carboxylic acids is 1. The second-order valence-electron chi connectivity index (χ2n) is 4.54. The third-order valence-electron chi connectivity index (χ3n) is 3.41. The Labute approximate surface area is 101 Å². The molecule has 5 nitrogen and oxygen atoms in total. The molecule has 92 valence electrons. The van der Waals surface area contributed by atoms with Gasteiger partial charge in [0.05, 0.1) is 5.56 Å². The summed E-state index contributed by atoms with van der Waals surface area (Å²) in [7, 11) is 1.83. The molecule has 1 saturated carbocycles. The van der Waals surface area contributed by atoms with Gasteiger partial charge >= 0.3 is 0 Å². The molecule has 0 spiro atoms. The van der Waals surface area contributed by atoms with Crippen LogP contribution < -0.4 is 11.3 Å². The van der Waals surface area contributed by atoms with Gasteiger partial charge in [0.15, 0.2) is 5.82 Å². The number of anilines is 1. The van der Waals surface area contributed by atoms with Gasteiger partial charge in [-0.05, 0) is 37.8 Å². The zero-order valence-corrected chi connectivity index (χ0v) is 10.2. The first kappa shape index (κ1) is 11.9. The Morgan fingerprint density at radius 1 is 1.65 bits per heavy atom. The van der Waals surface area contributed by atoms with Crippen molar-refractivity contribution < 1.29 is 4.79 Å². The lowest BCUT2D eigenvalue weighted by molar-refractivity contribution is 0.0728. The monoisotopic (exact) mass is 234 g/mol. The number of nitrogens with two attached hydrogens (primary N) is 1. The largest absolute Gasteiger partial charge is 0.339 e. The number of carbonyl (C=O) groups is 1. The van der Waals surface area contributed by atoms with Gasteiger partial charge in [0.25, 0.3) is 5.91 Å². The van der Waals surface area contributed by atoms with Crippen molar-refractivity contribution in [1.29, 1.82) is 0 Å². The van der Waals surface area contributed by atoms with Crippen molar-refractivity contribution in [2.24, 2.45) is 11.8 Å². The summed E-state index contributed by atoms with van der Waals surface area (Å²) in [6.45, 7) is 2.08. The van der Waals surface area contributed by atoms with E-state index in [-0.39, 0.29) is 11.9 Å². The van der Waals surface area contributed by atoms with E-state index < -0.39 is 0 Å². The average molecular weight is 234 g/mol. The predicted octanol–water partition coefficient (Wildman–Crippen LogP) is 1.24. The van der Waals surface area contributed by atoms with E-state index in [9.17, 15) is 4.79 Å². The highest BCUT2D eigenvalue weighted by Gasteiger charge is 2.33. The topological polar surface area (TPSA) is 71.2 Å². The molecule has 0 aliphatic heterocycles. The first-order chi connectivity index (χ1) is 8.15. The third kappa shape index (κ3) is 2.39. The van der Waals surface area contributed by atoms with Crippen molar-refractivity contribution in [3.05, 3.63) is 23.9 Å². The summed E-state index contributed by atoms with van der Waals surface area (Å²) in [6.07, 6.45) is 4.04. The summed E-state index contributed by atoms with van der Waals surface area (Å²) < 4.78 is 0. The second kappa shape index (κ2) is 4.71. The van der Waals surface area contributed by atoms with Gasteiger partial charge in [0.2, 0.25) is 0 Å². The summed E-state index contributed by atoms with van der Waals surface area (Å²) in [5.74, 6) is 6.39. The number of nitrogen functional groups attached to an aromatic ring is 1. The van der Waals surface area contributed by atoms with Gasteiger partial charge in [0.1, 0.15) is 0 Å². The van der Waals surface area contributed by atoms with Crippen LogP contribution in [0, 0.1) is 5.92 Å². The Kier molecular flexibility index (Phi) is 3.28. The summed E-state index contributed by atoms with van der Waals surface area (Å²) >= 11 is 0. The normalized spacial score (nSPS) is 16.4. The van der Waals surface area contributed by atoms with E-state index in [4.69, 9.17) is 5.84 Å². The first-order valence-corrected chi connectivity index (χ1v) is 5.84. The number of aromatic nitrogens is 1. The minimum Gasteiger partial charge on any atom is -0.339 e. The van der Waals surface area contributed by atoms with E-state index in [1.165, 1.54) is 12.8 Å². The average Bonchev–Trinajstić information content (AvgIpc) is 3.20. The zero-order chi connectivity index (χ0) is 12.4. The van der Waals surface area contributed by atoms with Gasteiger partial charge in [-0.25, -0.2) is 10.8 Å². The van der Waals surface area contributed by atoms with Crippen LogP contribution in [0.1, 0.15) is 30.1 Å². The summed E-state index contributed by atoms with van der Waals surface area (Å²) in [6, 6.07) is 3.75. The van der Waals surface area contributed by atoms with Crippen LogP contribution >= 0.6 is 0 Å².